The van der Waals surface area contributed by atoms with Crippen LogP contribution in [0.4, 0.5) is 4.39 Å². The summed E-state index contributed by atoms with van der Waals surface area (Å²) in [5, 5.41) is 13.3. The van der Waals surface area contributed by atoms with E-state index in [1.165, 1.54) is 18.2 Å². The number of H-pyrrole nitrogens is 1. The fraction of sp³-hybridized carbons (Fsp3) is 0.250. The molecule has 31 heavy (non-hydrogen) atoms. The van der Waals surface area contributed by atoms with E-state index >= 15 is 0 Å². The van der Waals surface area contributed by atoms with E-state index in [-0.39, 0.29) is 17.3 Å². The number of hydrogen-bond acceptors (Lipinski definition) is 4. The highest BCUT2D eigenvalue weighted by Crippen LogP contribution is 2.13. The first-order chi connectivity index (χ1) is 14.9. The van der Waals surface area contributed by atoms with Crippen LogP contribution in [0.25, 0.3) is 0 Å². The van der Waals surface area contributed by atoms with Crippen LogP contribution >= 0.6 is 0 Å². The summed E-state index contributed by atoms with van der Waals surface area (Å²) in [6.07, 6.45) is 1.66. The molecule has 0 aliphatic rings. The molecule has 3 aromatic rings. The average Bonchev–Trinajstić information content (AvgIpc) is 2.78. The van der Waals surface area contributed by atoms with Gasteiger partial charge in [-0.05, 0) is 53.9 Å². The summed E-state index contributed by atoms with van der Waals surface area (Å²) in [6.45, 7) is 1.44. The second-order valence-corrected chi connectivity index (χ2v) is 7.44. The van der Waals surface area contributed by atoms with Gasteiger partial charge in [-0.2, -0.15) is 0 Å². The number of aromatic amines is 1. The van der Waals surface area contributed by atoms with E-state index in [2.05, 4.69) is 10.3 Å². The number of benzene rings is 2. The lowest BCUT2D eigenvalue weighted by molar-refractivity contribution is 0.0785. The number of halogens is 1. The number of pyridine rings is 1. The maximum Gasteiger partial charge on any atom is 0.253 e. The zero-order valence-electron chi connectivity index (χ0n) is 17.3. The molecular formula is C24H26FN3O3. The van der Waals surface area contributed by atoms with E-state index in [0.29, 0.717) is 30.8 Å². The number of rotatable bonds is 9. The summed E-state index contributed by atoms with van der Waals surface area (Å²) in [6, 6.07) is 16.4. The minimum atomic E-state index is -0.696. The lowest BCUT2D eigenvalue weighted by atomic mass is 10.1. The van der Waals surface area contributed by atoms with Gasteiger partial charge in [-0.3, -0.25) is 9.59 Å². The fourth-order valence-electron chi connectivity index (χ4n) is 3.20. The summed E-state index contributed by atoms with van der Waals surface area (Å²) in [5.74, 6) is -0.424. The van der Waals surface area contributed by atoms with Crippen LogP contribution in [0.2, 0.25) is 0 Å². The van der Waals surface area contributed by atoms with Crippen LogP contribution in [0.15, 0.2) is 71.7 Å². The molecule has 1 amide bonds. The molecule has 1 unspecified atom stereocenters. The summed E-state index contributed by atoms with van der Waals surface area (Å²) in [7, 11) is 1.72. The van der Waals surface area contributed by atoms with Gasteiger partial charge in [-0.15, -0.1) is 0 Å². The number of nitrogens with zero attached hydrogens (tertiary/aromatic N) is 1. The minimum Gasteiger partial charge on any atom is -0.387 e. The third-order valence-electron chi connectivity index (χ3n) is 5.00. The van der Waals surface area contributed by atoms with Crippen molar-refractivity contribution in [2.75, 3.05) is 20.1 Å². The average molecular weight is 423 g/mol. The number of aliphatic hydroxyl groups is 1. The van der Waals surface area contributed by atoms with Crippen molar-refractivity contribution in [3.8, 4) is 0 Å². The van der Waals surface area contributed by atoms with Crippen molar-refractivity contribution in [3.63, 3.8) is 0 Å². The Morgan fingerprint density at radius 1 is 1.06 bits per heavy atom. The Morgan fingerprint density at radius 3 is 2.39 bits per heavy atom. The molecule has 7 heteroatoms. The van der Waals surface area contributed by atoms with Gasteiger partial charge in [0.15, 0.2) is 0 Å². The van der Waals surface area contributed by atoms with Crippen molar-refractivity contribution < 1.29 is 14.3 Å². The molecule has 1 aromatic heterocycles. The Morgan fingerprint density at radius 2 is 1.74 bits per heavy atom. The highest BCUT2D eigenvalue weighted by Gasteiger charge is 2.12. The number of nitrogens with one attached hydrogen (secondary N) is 2. The lowest BCUT2D eigenvalue weighted by Gasteiger charge is -2.17. The first kappa shape index (κ1) is 22.4. The van der Waals surface area contributed by atoms with Gasteiger partial charge in [0, 0.05) is 38.0 Å². The third kappa shape index (κ3) is 6.60. The summed E-state index contributed by atoms with van der Waals surface area (Å²) < 4.78 is 12.9. The summed E-state index contributed by atoms with van der Waals surface area (Å²) in [5.41, 5.74) is 3.01. The van der Waals surface area contributed by atoms with Crippen molar-refractivity contribution in [1.82, 2.24) is 15.2 Å². The van der Waals surface area contributed by atoms with Crippen LogP contribution < -0.4 is 10.9 Å². The smallest absolute Gasteiger partial charge is 0.253 e. The molecule has 0 radical (unpaired) electrons. The van der Waals surface area contributed by atoms with Crippen molar-refractivity contribution >= 4 is 5.91 Å². The molecular weight excluding hydrogens is 397 g/mol. The molecule has 0 saturated carbocycles. The Labute approximate surface area is 180 Å². The van der Waals surface area contributed by atoms with Crippen LogP contribution in [0.5, 0.6) is 0 Å². The minimum absolute atomic E-state index is 0.0988. The van der Waals surface area contributed by atoms with E-state index in [4.69, 9.17) is 0 Å². The lowest BCUT2D eigenvalue weighted by Crippen LogP contribution is -2.26. The molecule has 3 N–H and O–H groups in total. The molecule has 162 valence electrons. The van der Waals surface area contributed by atoms with E-state index in [9.17, 15) is 19.1 Å². The van der Waals surface area contributed by atoms with Crippen molar-refractivity contribution in [1.29, 1.82) is 0 Å². The zero-order chi connectivity index (χ0) is 22.2. The Bertz CT molecular complexity index is 1030. The molecule has 1 heterocycles. The van der Waals surface area contributed by atoms with Gasteiger partial charge in [0.05, 0.1) is 6.10 Å². The Balaban J connectivity index is 1.44. The van der Waals surface area contributed by atoms with Gasteiger partial charge in [0.2, 0.25) is 5.56 Å². The molecule has 0 fully saturated rings. The number of aliphatic hydroxyl groups excluding tert-OH is 1. The quantitative estimate of drug-likeness (QED) is 0.462. The summed E-state index contributed by atoms with van der Waals surface area (Å²) in [4.78, 5) is 27.9. The molecule has 6 nitrogen and oxygen atoms in total. The second-order valence-electron chi connectivity index (χ2n) is 7.44. The third-order valence-corrected chi connectivity index (χ3v) is 5.00. The molecule has 3 rings (SSSR count). The Kier molecular flexibility index (Phi) is 7.70. The Hall–Kier alpha value is -3.29. The van der Waals surface area contributed by atoms with E-state index in [1.807, 2.05) is 12.1 Å². The first-order valence-corrected chi connectivity index (χ1v) is 10.1. The highest BCUT2D eigenvalue weighted by atomic mass is 19.1. The van der Waals surface area contributed by atoms with Gasteiger partial charge in [0.1, 0.15) is 5.82 Å². The molecule has 0 aliphatic heterocycles. The predicted octanol–water partition coefficient (Wildman–Crippen LogP) is 2.65. The molecule has 1 atom stereocenters. The van der Waals surface area contributed by atoms with Crippen molar-refractivity contribution in [2.24, 2.45) is 0 Å². The van der Waals surface area contributed by atoms with Crippen molar-refractivity contribution in [2.45, 2.75) is 19.1 Å². The van der Waals surface area contributed by atoms with Crippen LogP contribution in [0.3, 0.4) is 0 Å². The number of carbonyl (C=O) groups is 1. The van der Waals surface area contributed by atoms with Crippen LogP contribution in [-0.2, 0) is 13.0 Å². The maximum atomic E-state index is 12.9. The van der Waals surface area contributed by atoms with Crippen LogP contribution in [0, 0.1) is 5.82 Å². The van der Waals surface area contributed by atoms with Crippen molar-refractivity contribution in [3.05, 3.63) is 105 Å². The van der Waals surface area contributed by atoms with Gasteiger partial charge in [0.25, 0.3) is 5.91 Å². The van der Waals surface area contributed by atoms with Gasteiger partial charge < -0.3 is 20.3 Å². The molecule has 0 spiro atoms. The monoisotopic (exact) mass is 423 g/mol. The zero-order valence-corrected chi connectivity index (χ0v) is 17.3. The fourth-order valence-corrected chi connectivity index (χ4v) is 3.20. The molecule has 0 saturated heterocycles. The topological polar surface area (TPSA) is 85.4 Å². The van der Waals surface area contributed by atoms with Gasteiger partial charge in [-0.1, -0.05) is 30.3 Å². The number of hydrogen-bond donors (Lipinski definition) is 3. The maximum absolute atomic E-state index is 12.9. The first-order valence-electron chi connectivity index (χ1n) is 10.1. The highest BCUT2D eigenvalue weighted by molar-refractivity contribution is 5.94. The normalized spacial score (nSPS) is 11.8. The number of aromatic nitrogens is 1. The second kappa shape index (κ2) is 10.7. The van der Waals surface area contributed by atoms with Gasteiger partial charge in [-0.25, -0.2) is 4.39 Å². The predicted molar refractivity (Wildman–Crippen MR) is 117 cm³/mol. The standard InChI is InChI=1S/C24H26FN3O3/c1-28(16-18-4-11-23(30)27-14-18)24(31)20-5-2-17(3-6-20)12-13-26-15-22(29)19-7-9-21(25)10-8-19/h2-11,14,22,26,29H,12-13,15-16H2,1H3,(H,27,30). The molecule has 2 aromatic carbocycles. The van der Waals surface area contributed by atoms with Gasteiger partial charge >= 0.3 is 0 Å². The largest absolute Gasteiger partial charge is 0.387 e. The SMILES string of the molecule is CN(Cc1ccc(=O)[nH]c1)C(=O)c1ccc(CCNCC(O)c2ccc(F)cc2)cc1. The number of carbonyl (C=O) groups excluding carboxylic acids is 1. The summed E-state index contributed by atoms with van der Waals surface area (Å²) >= 11 is 0. The van der Waals surface area contributed by atoms with Crippen LogP contribution in [0.1, 0.15) is 33.2 Å². The number of amides is 1. The van der Waals surface area contributed by atoms with Crippen LogP contribution in [-0.4, -0.2) is 41.0 Å². The molecule has 0 bridgehead atoms. The van der Waals surface area contributed by atoms with E-state index in [1.54, 1.807) is 48.5 Å². The molecule has 0 aliphatic carbocycles. The van der Waals surface area contributed by atoms with E-state index < -0.39 is 6.10 Å². The van der Waals surface area contributed by atoms with E-state index in [0.717, 1.165) is 17.5 Å².